The SMILES string of the molecule is C=CCCNc1ncccc1C(=O)NC1(C(=O)OCC)Cc2ccccc2C1. The number of hydrogen-bond donors (Lipinski definition) is 2. The molecule has 1 aromatic carbocycles. The lowest BCUT2D eigenvalue weighted by molar-refractivity contribution is -0.150. The largest absolute Gasteiger partial charge is 0.464 e. The van der Waals surface area contributed by atoms with Crippen LogP contribution in [0, 0.1) is 0 Å². The summed E-state index contributed by atoms with van der Waals surface area (Å²) in [6.45, 7) is 6.33. The molecule has 0 unspecified atom stereocenters. The highest BCUT2D eigenvalue weighted by Gasteiger charge is 2.46. The zero-order valence-electron chi connectivity index (χ0n) is 16.0. The Labute approximate surface area is 165 Å². The van der Waals surface area contributed by atoms with Crippen molar-refractivity contribution in [1.29, 1.82) is 0 Å². The van der Waals surface area contributed by atoms with Gasteiger partial charge in [0.25, 0.3) is 5.91 Å². The summed E-state index contributed by atoms with van der Waals surface area (Å²) in [5.41, 5.74) is 1.38. The number of fused-ring (bicyclic) bond motifs is 1. The van der Waals surface area contributed by atoms with Crippen molar-refractivity contribution >= 4 is 17.7 Å². The van der Waals surface area contributed by atoms with Crippen LogP contribution in [-0.2, 0) is 22.4 Å². The summed E-state index contributed by atoms with van der Waals surface area (Å²) in [5, 5.41) is 6.10. The molecule has 146 valence electrons. The van der Waals surface area contributed by atoms with Gasteiger partial charge in [-0.1, -0.05) is 30.3 Å². The molecule has 1 aliphatic carbocycles. The first-order chi connectivity index (χ1) is 13.6. The Balaban J connectivity index is 1.86. The summed E-state index contributed by atoms with van der Waals surface area (Å²) < 4.78 is 5.31. The molecule has 2 N–H and O–H groups in total. The maximum Gasteiger partial charge on any atom is 0.332 e. The minimum absolute atomic E-state index is 0.258. The van der Waals surface area contributed by atoms with Crippen LogP contribution in [0.1, 0.15) is 34.8 Å². The second-order valence-electron chi connectivity index (χ2n) is 6.78. The summed E-state index contributed by atoms with van der Waals surface area (Å²) in [7, 11) is 0. The van der Waals surface area contributed by atoms with E-state index >= 15 is 0 Å². The van der Waals surface area contributed by atoms with Crippen molar-refractivity contribution in [2.24, 2.45) is 0 Å². The fourth-order valence-electron chi connectivity index (χ4n) is 3.47. The first-order valence-corrected chi connectivity index (χ1v) is 9.46. The quantitative estimate of drug-likeness (QED) is 0.419. The van der Waals surface area contributed by atoms with E-state index in [9.17, 15) is 9.59 Å². The van der Waals surface area contributed by atoms with E-state index in [2.05, 4.69) is 22.2 Å². The molecule has 0 radical (unpaired) electrons. The Morgan fingerprint density at radius 2 is 1.93 bits per heavy atom. The number of carbonyl (C=O) groups is 2. The summed E-state index contributed by atoms with van der Waals surface area (Å²) >= 11 is 0. The molecule has 28 heavy (non-hydrogen) atoms. The molecule has 3 rings (SSSR count). The van der Waals surface area contributed by atoms with Crippen LogP contribution in [0.3, 0.4) is 0 Å². The number of carbonyl (C=O) groups excluding carboxylic acids is 2. The number of amides is 1. The number of nitrogens with zero attached hydrogens (tertiary/aromatic N) is 1. The molecule has 0 aliphatic heterocycles. The van der Waals surface area contributed by atoms with E-state index in [0.29, 0.717) is 30.8 Å². The molecule has 0 bridgehead atoms. The number of aromatic nitrogens is 1. The summed E-state index contributed by atoms with van der Waals surface area (Å²) in [5.74, 6) is -0.281. The van der Waals surface area contributed by atoms with E-state index in [-0.39, 0.29) is 12.5 Å². The van der Waals surface area contributed by atoms with Crippen LogP contribution < -0.4 is 10.6 Å². The van der Waals surface area contributed by atoms with Gasteiger partial charge in [-0.2, -0.15) is 0 Å². The number of hydrogen-bond acceptors (Lipinski definition) is 5. The van der Waals surface area contributed by atoms with Crippen LogP contribution in [0.5, 0.6) is 0 Å². The molecule has 6 heteroatoms. The summed E-state index contributed by atoms with van der Waals surface area (Å²) in [6.07, 6.45) is 4.99. The van der Waals surface area contributed by atoms with Crippen molar-refractivity contribution in [2.75, 3.05) is 18.5 Å². The molecule has 0 saturated carbocycles. The van der Waals surface area contributed by atoms with Crippen molar-refractivity contribution in [1.82, 2.24) is 10.3 Å². The lowest BCUT2D eigenvalue weighted by Gasteiger charge is -2.28. The number of ether oxygens (including phenoxy) is 1. The first kappa shape index (κ1) is 19.6. The maximum atomic E-state index is 13.1. The molecule has 0 atom stereocenters. The van der Waals surface area contributed by atoms with Gasteiger partial charge in [0.05, 0.1) is 12.2 Å². The van der Waals surface area contributed by atoms with E-state index in [1.807, 2.05) is 24.3 Å². The van der Waals surface area contributed by atoms with Gasteiger partial charge in [0.15, 0.2) is 0 Å². The summed E-state index contributed by atoms with van der Waals surface area (Å²) in [4.78, 5) is 30.2. The Kier molecular flexibility index (Phi) is 6.09. The minimum Gasteiger partial charge on any atom is -0.464 e. The van der Waals surface area contributed by atoms with Gasteiger partial charge in [0.1, 0.15) is 11.4 Å². The molecule has 1 amide bonds. The highest BCUT2D eigenvalue weighted by Crippen LogP contribution is 2.32. The Morgan fingerprint density at radius 1 is 1.21 bits per heavy atom. The lowest BCUT2D eigenvalue weighted by Crippen LogP contribution is -2.56. The van der Waals surface area contributed by atoms with Crippen molar-refractivity contribution in [3.05, 3.63) is 71.9 Å². The van der Waals surface area contributed by atoms with Crippen LogP contribution in [-0.4, -0.2) is 35.6 Å². The minimum atomic E-state index is -1.11. The molecule has 1 heterocycles. The van der Waals surface area contributed by atoms with Crippen molar-refractivity contribution < 1.29 is 14.3 Å². The number of benzene rings is 1. The molecule has 2 aromatic rings. The van der Waals surface area contributed by atoms with Gasteiger partial charge < -0.3 is 15.4 Å². The molecule has 1 aliphatic rings. The van der Waals surface area contributed by atoms with Gasteiger partial charge in [-0.05, 0) is 36.6 Å². The Bertz CT molecular complexity index is 854. The van der Waals surface area contributed by atoms with Gasteiger partial charge in [0.2, 0.25) is 0 Å². The smallest absolute Gasteiger partial charge is 0.332 e. The third-order valence-corrected chi connectivity index (χ3v) is 4.82. The number of pyridine rings is 1. The highest BCUT2D eigenvalue weighted by molar-refractivity contribution is 6.02. The van der Waals surface area contributed by atoms with Crippen LogP contribution in [0.25, 0.3) is 0 Å². The first-order valence-electron chi connectivity index (χ1n) is 9.46. The Morgan fingerprint density at radius 3 is 2.57 bits per heavy atom. The second kappa shape index (κ2) is 8.69. The second-order valence-corrected chi connectivity index (χ2v) is 6.78. The number of esters is 1. The molecule has 0 spiro atoms. The van der Waals surface area contributed by atoms with E-state index in [4.69, 9.17) is 4.74 Å². The van der Waals surface area contributed by atoms with Crippen LogP contribution in [0.2, 0.25) is 0 Å². The Hall–Kier alpha value is -3.15. The van der Waals surface area contributed by atoms with E-state index < -0.39 is 11.5 Å². The number of anilines is 1. The molecule has 0 fully saturated rings. The van der Waals surface area contributed by atoms with Gasteiger partial charge in [-0.25, -0.2) is 9.78 Å². The molecule has 0 saturated heterocycles. The van der Waals surface area contributed by atoms with Crippen LogP contribution in [0.15, 0.2) is 55.3 Å². The van der Waals surface area contributed by atoms with Crippen molar-refractivity contribution in [3.8, 4) is 0 Å². The fourth-order valence-corrected chi connectivity index (χ4v) is 3.47. The van der Waals surface area contributed by atoms with E-state index in [1.54, 1.807) is 31.3 Å². The van der Waals surface area contributed by atoms with Gasteiger partial charge in [-0.3, -0.25) is 4.79 Å². The van der Waals surface area contributed by atoms with Gasteiger partial charge in [0, 0.05) is 25.6 Å². The van der Waals surface area contributed by atoms with Gasteiger partial charge in [-0.15, -0.1) is 6.58 Å². The third-order valence-electron chi connectivity index (χ3n) is 4.82. The zero-order valence-corrected chi connectivity index (χ0v) is 16.0. The monoisotopic (exact) mass is 379 g/mol. The topological polar surface area (TPSA) is 80.3 Å². The predicted molar refractivity (Wildman–Crippen MR) is 108 cm³/mol. The molecular weight excluding hydrogens is 354 g/mol. The lowest BCUT2D eigenvalue weighted by atomic mass is 9.95. The van der Waals surface area contributed by atoms with Crippen molar-refractivity contribution in [3.63, 3.8) is 0 Å². The van der Waals surface area contributed by atoms with Crippen LogP contribution in [0.4, 0.5) is 5.82 Å². The molecule has 1 aromatic heterocycles. The predicted octanol–water partition coefficient (Wildman–Crippen LogP) is 2.90. The van der Waals surface area contributed by atoms with E-state index in [1.165, 1.54) is 0 Å². The van der Waals surface area contributed by atoms with Crippen molar-refractivity contribution in [2.45, 2.75) is 31.7 Å². The number of nitrogens with one attached hydrogen (secondary N) is 2. The molecule has 6 nitrogen and oxygen atoms in total. The average molecular weight is 379 g/mol. The standard InChI is InChI=1S/C22H25N3O3/c1-3-5-12-23-19-18(11-8-13-24-19)20(26)25-22(21(27)28-4-2)14-16-9-6-7-10-17(16)15-22/h3,6-11,13H,1,4-5,12,14-15H2,2H3,(H,23,24)(H,25,26). The molecular formula is C22H25N3O3. The summed E-state index contributed by atoms with van der Waals surface area (Å²) in [6, 6.07) is 11.2. The van der Waals surface area contributed by atoms with E-state index in [0.717, 1.165) is 17.5 Å². The number of rotatable bonds is 8. The maximum absolute atomic E-state index is 13.1. The fraction of sp³-hybridized carbons (Fsp3) is 0.318. The third kappa shape index (κ3) is 4.06. The average Bonchev–Trinajstić information content (AvgIpc) is 3.08. The zero-order chi connectivity index (χ0) is 20.0. The highest BCUT2D eigenvalue weighted by atomic mass is 16.5. The van der Waals surface area contributed by atoms with Gasteiger partial charge >= 0.3 is 5.97 Å². The normalized spacial score (nSPS) is 14.0. The van der Waals surface area contributed by atoms with Crippen LogP contribution >= 0.6 is 0 Å².